The number of unbranched alkanes of at least 4 members (excludes halogenated alkanes) is 1. The van der Waals surface area contributed by atoms with Gasteiger partial charge in [-0.15, -0.1) is 0 Å². The number of fused-ring (bicyclic) bond motifs is 1. The van der Waals surface area contributed by atoms with Crippen molar-refractivity contribution in [3.8, 4) is 0 Å². The Hall–Kier alpha value is -1.73. The van der Waals surface area contributed by atoms with Crippen molar-refractivity contribution < 1.29 is 0 Å². The lowest BCUT2D eigenvalue weighted by molar-refractivity contribution is 0.331. The molecule has 0 saturated carbocycles. The van der Waals surface area contributed by atoms with Gasteiger partial charge in [-0.2, -0.15) is 11.8 Å². The Morgan fingerprint density at radius 2 is 1.58 bits per heavy atom. The maximum Gasteiger partial charge on any atom is 0.0190 e. The van der Waals surface area contributed by atoms with Gasteiger partial charge in [0.05, 0.1) is 0 Å². The highest BCUT2D eigenvalue weighted by atomic mass is 32.2. The second-order valence-corrected chi connectivity index (χ2v) is 11.6. The Morgan fingerprint density at radius 3 is 2.16 bits per heavy atom. The van der Waals surface area contributed by atoms with Crippen LogP contribution in [0.3, 0.4) is 0 Å². The van der Waals surface area contributed by atoms with Gasteiger partial charge in [0.25, 0.3) is 0 Å². The zero-order valence-corrected chi connectivity index (χ0v) is 21.3. The molecule has 0 unspecified atom stereocenters. The number of thioether (sulfide) groups is 1. The number of allylic oxidation sites excluding steroid dienone is 1. The van der Waals surface area contributed by atoms with E-state index in [4.69, 9.17) is 0 Å². The molecule has 0 amide bonds. The van der Waals surface area contributed by atoms with Gasteiger partial charge in [-0.3, -0.25) is 0 Å². The quantitative estimate of drug-likeness (QED) is 0.296. The maximum absolute atomic E-state index is 4.05. The maximum atomic E-state index is 4.05. The van der Waals surface area contributed by atoms with Crippen LogP contribution in [-0.4, -0.2) is 5.75 Å². The zero-order chi connectivity index (χ0) is 22.6. The molecule has 0 aliphatic heterocycles. The molecule has 1 aliphatic rings. The fourth-order valence-electron chi connectivity index (χ4n) is 4.45. The third-order valence-electron chi connectivity index (χ3n) is 6.87. The molecule has 0 fully saturated rings. The minimum Gasteiger partial charge on any atom is -0.157 e. The summed E-state index contributed by atoms with van der Waals surface area (Å²) in [5.41, 5.74) is 10.1. The van der Waals surface area contributed by atoms with Crippen LogP contribution in [0.2, 0.25) is 0 Å². The molecule has 0 aromatic heterocycles. The molecule has 2 aromatic rings. The van der Waals surface area contributed by atoms with E-state index in [0.717, 1.165) is 11.3 Å². The highest BCUT2D eigenvalue weighted by Gasteiger charge is 2.37. The molecule has 1 aliphatic carbocycles. The third-order valence-corrected chi connectivity index (χ3v) is 7.96. The number of hydrogen-bond acceptors (Lipinski definition) is 1. The smallest absolute Gasteiger partial charge is 0.0190 e. The van der Waals surface area contributed by atoms with Crippen molar-refractivity contribution in [2.45, 2.75) is 83.8 Å². The van der Waals surface area contributed by atoms with Crippen LogP contribution in [-0.2, 0) is 16.6 Å². The lowest BCUT2D eigenvalue weighted by Crippen LogP contribution is -2.34. The highest BCUT2D eigenvalue weighted by molar-refractivity contribution is 7.98. The molecule has 2 aromatic carbocycles. The normalized spacial score (nSPS) is 17.0. The van der Waals surface area contributed by atoms with E-state index in [2.05, 4.69) is 108 Å². The summed E-state index contributed by atoms with van der Waals surface area (Å²) in [6.07, 6.45) is 9.69. The average Bonchev–Trinajstić information content (AvgIpc) is 2.73. The van der Waals surface area contributed by atoms with Crippen LogP contribution in [0.1, 0.15) is 101 Å². The van der Waals surface area contributed by atoms with E-state index in [1.807, 2.05) is 0 Å². The van der Waals surface area contributed by atoms with Gasteiger partial charge in [-0.1, -0.05) is 102 Å². The van der Waals surface area contributed by atoms with Gasteiger partial charge in [-0.05, 0) is 76.1 Å². The Kier molecular flexibility index (Phi) is 7.58. The number of benzene rings is 2. The van der Waals surface area contributed by atoms with Crippen molar-refractivity contribution in [2.75, 3.05) is 5.75 Å². The molecular weight excluding hydrogens is 392 g/mol. The van der Waals surface area contributed by atoms with Crippen LogP contribution >= 0.6 is 11.8 Å². The van der Waals surface area contributed by atoms with Crippen LogP contribution in [0.15, 0.2) is 43.0 Å². The summed E-state index contributed by atoms with van der Waals surface area (Å²) in [6, 6.07) is 13.8. The Bertz CT molecular complexity index is 941. The minimum absolute atomic E-state index is 0.241. The van der Waals surface area contributed by atoms with E-state index >= 15 is 0 Å². The van der Waals surface area contributed by atoms with Gasteiger partial charge >= 0.3 is 0 Å². The molecule has 0 nitrogen and oxygen atoms in total. The molecule has 0 atom stereocenters. The van der Waals surface area contributed by atoms with Gasteiger partial charge in [-0.25, -0.2) is 0 Å². The summed E-state index contributed by atoms with van der Waals surface area (Å²) in [5.74, 6) is 2.34. The summed E-state index contributed by atoms with van der Waals surface area (Å²) in [4.78, 5) is 0. The van der Waals surface area contributed by atoms with E-state index in [1.54, 1.807) is 11.1 Å². The average molecular weight is 433 g/mol. The van der Waals surface area contributed by atoms with E-state index < -0.39 is 0 Å². The topological polar surface area (TPSA) is 0 Å². The van der Waals surface area contributed by atoms with E-state index in [9.17, 15) is 0 Å². The first kappa shape index (κ1) is 23.9. The molecule has 0 bridgehead atoms. The van der Waals surface area contributed by atoms with Crippen molar-refractivity contribution in [3.63, 3.8) is 0 Å². The number of hydrogen-bond donors (Lipinski definition) is 0. The van der Waals surface area contributed by atoms with Gasteiger partial charge < -0.3 is 0 Å². The van der Waals surface area contributed by atoms with E-state index in [1.165, 1.54) is 53.7 Å². The predicted molar refractivity (Wildman–Crippen MR) is 143 cm³/mol. The molecular formula is C30H40S. The van der Waals surface area contributed by atoms with Crippen molar-refractivity contribution in [2.24, 2.45) is 0 Å². The Balaban J connectivity index is 1.98. The monoisotopic (exact) mass is 432 g/mol. The molecule has 0 N–H and O–H groups in total. The predicted octanol–water partition coefficient (Wildman–Crippen LogP) is 9.27. The fraction of sp³-hybridized carbons (Fsp3) is 0.467. The standard InChI is InChI=1S/C30H40S/c1-8-9-18-31-21-26-20-28-27(29(4,5)16-17-30(28,6)7)19-25(26)15-12-23-10-13-24(14-11-23)22(2)3/h10-15,19-20H,2,8-9,16-18,21H2,1,3-7H3/b15-12+. The van der Waals surface area contributed by atoms with E-state index in [0.29, 0.717) is 0 Å². The number of rotatable bonds is 8. The van der Waals surface area contributed by atoms with Crippen LogP contribution in [0.4, 0.5) is 0 Å². The fourth-order valence-corrected chi connectivity index (χ4v) is 5.56. The second-order valence-electron chi connectivity index (χ2n) is 10.5. The van der Waals surface area contributed by atoms with Gasteiger partial charge in [0.15, 0.2) is 0 Å². The first-order chi connectivity index (χ1) is 14.6. The van der Waals surface area contributed by atoms with Crippen LogP contribution in [0.25, 0.3) is 17.7 Å². The van der Waals surface area contributed by atoms with Gasteiger partial charge in [0, 0.05) is 5.75 Å². The first-order valence-corrected chi connectivity index (χ1v) is 13.0. The lowest BCUT2D eigenvalue weighted by Gasteiger charge is -2.42. The molecule has 3 rings (SSSR count). The van der Waals surface area contributed by atoms with Crippen LogP contribution in [0, 0.1) is 0 Å². The van der Waals surface area contributed by atoms with Crippen molar-refractivity contribution >= 4 is 29.5 Å². The Labute approximate surface area is 195 Å². The molecule has 166 valence electrons. The first-order valence-electron chi connectivity index (χ1n) is 11.8. The molecule has 1 heteroatoms. The van der Waals surface area contributed by atoms with Gasteiger partial charge in [0.2, 0.25) is 0 Å². The zero-order valence-electron chi connectivity index (χ0n) is 20.5. The molecule has 0 saturated heterocycles. The van der Waals surface area contributed by atoms with Crippen LogP contribution in [0.5, 0.6) is 0 Å². The van der Waals surface area contributed by atoms with Crippen molar-refractivity contribution in [3.05, 3.63) is 76.4 Å². The highest BCUT2D eigenvalue weighted by Crippen LogP contribution is 2.47. The third kappa shape index (κ3) is 5.75. The largest absolute Gasteiger partial charge is 0.157 e. The summed E-state index contributed by atoms with van der Waals surface area (Å²) in [5, 5.41) is 0. The summed E-state index contributed by atoms with van der Waals surface area (Å²) in [7, 11) is 0. The lowest BCUT2D eigenvalue weighted by atomic mass is 9.62. The molecule has 31 heavy (non-hydrogen) atoms. The molecule has 0 heterocycles. The second kappa shape index (κ2) is 9.82. The van der Waals surface area contributed by atoms with Crippen LogP contribution < -0.4 is 0 Å². The SMILES string of the molecule is C=C(C)c1ccc(/C=C/c2cc3c(cc2CSCCCC)C(C)(C)CCC3(C)C)cc1. The van der Waals surface area contributed by atoms with E-state index in [-0.39, 0.29) is 10.8 Å². The minimum atomic E-state index is 0.241. The van der Waals surface area contributed by atoms with Crippen molar-refractivity contribution in [1.29, 1.82) is 0 Å². The summed E-state index contributed by atoms with van der Waals surface area (Å²) in [6.45, 7) is 18.1. The van der Waals surface area contributed by atoms with Gasteiger partial charge in [0.1, 0.15) is 0 Å². The Morgan fingerprint density at radius 1 is 0.968 bits per heavy atom. The molecule has 0 radical (unpaired) electrons. The summed E-state index contributed by atoms with van der Waals surface area (Å²) < 4.78 is 0. The van der Waals surface area contributed by atoms with Crippen molar-refractivity contribution in [1.82, 2.24) is 0 Å². The molecule has 0 spiro atoms. The summed E-state index contributed by atoms with van der Waals surface area (Å²) >= 11 is 2.08.